The van der Waals surface area contributed by atoms with Crippen LogP contribution in [0, 0.1) is 0 Å². The third-order valence-corrected chi connectivity index (χ3v) is 4.17. The highest BCUT2D eigenvalue weighted by atomic mass is 35.5. The largest absolute Gasteiger partial charge is 0.492 e. The zero-order valence-corrected chi connectivity index (χ0v) is 13.2. The van der Waals surface area contributed by atoms with Crippen LogP contribution in [-0.4, -0.2) is 31.0 Å². The number of amides is 1. The zero-order valence-electron chi connectivity index (χ0n) is 11.7. The van der Waals surface area contributed by atoms with E-state index in [0.29, 0.717) is 23.9 Å². The quantitative estimate of drug-likeness (QED) is 0.888. The number of halogens is 1. The molecule has 1 amide bonds. The summed E-state index contributed by atoms with van der Waals surface area (Å²) in [5.74, 6) is 0.568. The van der Waals surface area contributed by atoms with Gasteiger partial charge in [-0.1, -0.05) is 23.7 Å². The number of thiophene rings is 1. The average Bonchev–Trinajstić information content (AvgIpc) is 3.00. The maximum atomic E-state index is 12.2. The lowest BCUT2D eigenvalue weighted by atomic mass is 10.2. The van der Waals surface area contributed by atoms with Crippen molar-refractivity contribution in [2.24, 2.45) is 5.73 Å². The van der Waals surface area contributed by atoms with Crippen molar-refractivity contribution in [2.45, 2.75) is 6.04 Å². The number of carbonyl (C=O) groups excluding carboxylic acids is 1. The molecule has 1 unspecified atom stereocenters. The summed E-state index contributed by atoms with van der Waals surface area (Å²) < 4.78 is 5.56. The number of rotatable bonds is 6. The summed E-state index contributed by atoms with van der Waals surface area (Å²) >= 11 is 7.36. The standard InChI is InChI=1S/C15H17ClN2O2S/c1-18(15(19)14(17)13-6-3-9-21-13)7-8-20-12-5-2-4-11(16)10-12/h2-6,9-10,14H,7-8,17H2,1H3. The molecule has 1 aromatic heterocycles. The minimum absolute atomic E-state index is 0.118. The maximum absolute atomic E-state index is 12.2. The lowest BCUT2D eigenvalue weighted by Crippen LogP contribution is -2.37. The first-order chi connectivity index (χ1) is 10.1. The van der Waals surface area contributed by atoms with E-state index in [4.69, 9.17) is 22.1 Å². The smallest absolute Gasteiger partial charge is 0.244 e. The van der Waals surface area contributed by atoms with E-state index < -0.39 is 6.04 Å². The molecule has 21 heavy (non-hydrogen) atoms. The van der Waals surface area contributed by atoms with Crippen molar-refractivity contribution < 1.29 is 9.53 Å². The predicted molar refractivity (Wildman–Crippen MR) is 85.8 cm³/mol. The van der Waals surface area contributed by atoms with Crippen molar-refractivity contribution in [3.8, 4) is 5.75 Å². The molecule has 0 aliphatic rings. The number of benzene rings is 1. The summed E-state index contributed by atoms with van der Waals surface area (Å²) in [6.07, 6.45) is 0. The molecule has 1 aromatic carbocycles. The highest BCUT2D eigenvalue weighted by Gasteiger charge is 2.20. The van der Waals surface area contributed by atoms with Gasteiger partial charge in [-0.3, -0.25) is 4.79 Å². The normalized spacial score (nSPS) is 12.0. The number of hydrogen-bond donors (Lipinski definition) is 1. The number of ether oxygens (including phenoxy) is 1. The van der Waals surface area contributed by atoms with E-state index >= 15 is 0 Å². The molecule has 2 N–H and O–H groups in total. The molecule has 0 bridgehead atoms. The second-order valence-corrected chi connectivity index (χ2v) is 5.97. The van der Waals surface area contributed by atoms with Gasteiger partial charge in [0, 0.05) is 16.9 Å². The van der Waals surface area contributed by atoms with Crippen molar-refractivity contribution >= 4 is 28.8 Å². The van der Waals surface area contributed by atoms with E-state index in [2.05, 4.69) is 0 Å². The van der Waals surface area contributed by atoms with Gasteiger partial charge in [0.2, 0.25) is 5.91 Å². The second-order valence-electron chi connectivity index (χ2n) is 4.56. The average molecular weight is 325 g/mol. The molecule has 1 atom stereocenters. The minimum Gasteiger partial charge on any atom is -0.492 e. The van der Waals surface area contributed by atoms with Crippen LogP contribution in [0.2, 0.25) is 5.02 Å². The van der Waals surface area contributed by atoms with E-state index in [1.54, 1.807) is 24.1 Å². The molecule has 0 aliphatic carbocycles. The molecule has 6 heteroatoms. The van der Waals surface area contributed by atoms with E-state index in [-0.39, 0.29) is 5.91 Å². The first-order valence-corrected chi connectivity index (χ1v) is 7.76. The van der Waals surface area contributed by atoms with Gasteiger partial charge in [-0.05, 0) is 29.6 Å². The Labute approximate surface area is 133 Å². The Morgan fingerprint density at radius 2 is 2.24 bits per heavy atom. The van der Waals surface area contributed by atoms with Gasteiger partial charge in [0.05, 0.1) is 6.54 Å². The van der Waals surface area contributed by atoms with Crippen LogP contribution in [-0.2, 0) is 4.79 Å². The summed E-state index contributed by atoms with van der Waals surface area (Å²) in [5.41, 5.74) is 5.95. The fourth-order valence-electron chi connectivity index (χ4n) is 1.79. The molecule has 2 aromatic rings. The van der Waals surface area contributed by atoms with Crippen LogP contribution in [0.15, 0.2) is 41.8 Å². The van der Waals surface area contributed by atoms with Crippen molar-refractivity contribution in [2.75, 3.05) is 20.2 Å². The summed E-state index contributed by atoms with van der Waals surface area (Å²) in [6, 6.07) is 10.3. The molecule has 2 rings (SSSR count). The molecule has 0 radical (unpaired) electrons. The molecule has 4 nitrogen and oxygen atoms in total. The van der Waals surface area contributed by atoms with Gasteiger partial charge in [0.15, 0.2) is 0 Å². The lowest BCUT2D eigenvalue weighted by molar-refractivity contribution is -0.131. The van der Waals surface area contributed by atoms with E-state index in [1.807, 2.05) is 29.6 Å². The van der Waals surface area contributed by atoms with Crippen LogP contribution < -0.4 is 10.5 Å². The number of nitrogens with zero attached hydrogens (tertiary/aromatic N) is 1. The van der Waals surface area contributed by atoms with E-state index in [9.17, 15) is 4.79 Å². The van der Waals surface area contributed by atoms with Crippen LogP contribution in [0.1, 0.15) is 10.9 Å². The zero-order chi connectivity index (χ0) is 15.2. The van der Waals surface area contributed by atoms with Gasteiger partial charge in [-0.25, -0.2) is 0 Å². The molecule has 0 fully saturated rings. The number of carbonyl (C=O) groups is 1. The van der Waals surface area contributed by atoms with Gasteiger partial charge in [-0.15, -0.1) is 11.3 Å². The molecule has 0 spiro atoms. The molecular weight excluding hydrogens is 308 g/mol. The first kappa shape index (κ1) is 15.8. The molecular formula is C15H17ClN2O2S. The maximum Gasteiger partial charge on any atom is 0.244 e. The molecule has 0 aliphatic heterocycles. The third kappa shape index (κ3) is 4.46. The van der Waals surface area contributed by atoms with Crippen molar-refractivity contribution in [3.63, 3.8) is 0 Å². The Hall–Kier alpha value is -1.56. The lowest BCUT2D eigenvalue weighted by Gasteiger charge is -2.20. The van der Waals surface area contributed by atoms with Crippen molar-refractivity contribution in [1.82, 2.24) is 4.90 Å². The van der Waals surface area contributed by atoms with Crippen LogP contribution >= 0.6 is 22.9 Å². The Balaban J connectivity index is 1.81. The van der Waals surface area contributed by atoms with Crippen LogP contribution in [0.25, 0.3) is 0 Å². The van der Waals surface area contributed by atoms with Gasteiger partial charge in [-0.2, -0.15) is 0 Å². The fraction of sp³-hybridized carbons (Fsp3) is 0.267. The number of likely N-dealkylation sites (N-methyl/N-ethyl adjacent to an activating group) is 1. The summed E-state index contributed by atoms with van der Waals surface area (Å²) in [5, 5.41) is 2.53. The summed E-state index contributed by atoms with van der Waals surface area (Å²) in [6.45, 7) is 0.851. The Bertz CT molecular complexity index is 589. The Morgan fingerprint density at radius 1 is 1.43 bits per heavy atom. The van der Waals surface area contributed by atoms with Gasteiger partial charge in [0.1, 0.15) is 18.4 Å². The van der Waals surface area contributed by atoms with Gasteiger partial charge in [0.25, 0.3) is 0 Å². The van der Waals surface area contributed by atoms with Crippen molar-refractivity contribution in [3.05, 3.63) is 51.7 Å². The topological polar surface area (TPSA) is 55.6 Å². The van der Waals surface area contributed by atoms with Crippen LogP contribution in [0.3, 0.4) is 0 Å². The Kier molecular flexibility index (Phi) is 5.61. The first-order valence-electron chi connectivity index (χ1n) is 6.50. The molecule has 112 valence electrons. The monoisotopic (exact) mass is 324 g/mol. The highest BCUT2D eigenvalue weighted by Crippen LogP contribution is 2.19. The molecule has 0 saturated carbocycles. The Morgan fingerprint density at radius 3 is 2.90 bits per heavy atom. The van der Waals surface area contributed by atoms with Crippen molar-refractivity contribution in [1.29, 1.82) is 0 Å². The molecule has 0 saturated heterocycles. The second kappa shape index (κ2) is 7.45. The van der Waals surface area contributed by atoms with Gasteiger partial charge >= 0.3 is 0 Å². The van der Waals surface area contributed by atoms with Crippen LogP contribution in [0.4, 0.5) is 0 Å². The number of nitrogens with two attached hydrogens (primary N) is 1. The van der Waals surface area contributed by atoms with E-state index in [0.717, 1.165) is 4.88 Å². The van der Waals surface area contributed by atoms with Gasteiger partial charge < -0.3 is 15.4 Å². The van der Waals surface area contributed by atoms with E-state index in [1.165, 1.54) is 11.3 Å². The minimum atomic E-state index is -0.610. The SMILES string of the molecule is CN(CCOc1cccc(Cl)c1)C(=O)C(N)c1cccs1. The predicted octanol–water partition coefficient (Wildman–Crippen LogP) is 2.94. The molecule has 1 heterocycles. The van der Waals surface area contributed by atoms with Crippen LogP contribution in [0.5, 0.6) is 5.75 Å². The third-order valence-electron chi connectivity index (χ3n) is 2.98. The summed E-state index contributed by atoms with van der Waals surface area (Å²) in [7, 11) is 1.72. The summed E-state index contributed by atoms with van der Waals surface area (Å²) in [4.78, 5) is 14.6. The number of hydrogen-bond acceptors (Lipinski definition) is 4. The fourth-order valence-corrected chi connectivity index (χ4v) is 2.69. The highest BCUT2D eigenvalue weighted by molar-refractivity contribution is 7.10.